The molecule has 1 heterocycles. The molecule has 0 saturated heterocycles. The van der Waals surface area contributed by atoms with Gasteiger partial charge in [-0.25, -0.2) is 0 Å². The van der Waals surface area contributed by atoms with E-state index in [4.69, 9.17) is 9.26 Å². The summed E-state index contributed by atoms with van der Waals surface area (Å²) in [6.07, 6.45) is 2.22. The van der Waals surface area contributed by atoms with Crippen molar-refractivity contribution in [2.24, 2.45) is 0 Å². The molecule has 132 valence electrons. The first-order valence-corrected chi connectivity index (χ1v) is 8.59. The average molecular weight is 349 g/mol. The minimum atomic E-state index is -0.198. The molecule has 4 rings (SSSR count). The minimum absolute atomic E-state index is 0.198. The maximum Gasteiger partial charge on any atom is 0.251 e. The number of aromatic nitrogens is 2. The molecule has 1 N–H and O–H groups in total. The second-order valence-electron chi connectivity index (χ2n) is 6.28. The third-order valence-electron chi connectivity index (χ3n) is 4.37. The third-order valence-corrected chi connectivity index (χ3v) is 4.37. The van der Waals surface area contributed by atoms with Gasteiger partial charge in [0.25, 0.3) is 5.91 Å². The highest BCUT2D eigenvalue weighted by Crippen LogP contribution is 2.38. The van der Waals surface area contributed by atoms with E-state index in [1.807, 2.05) is 36.4 Å². The Hall–Kier alpha value is -3.15. The summed E-state index contributed by atoms with van der Waals surface area (Å²) in [7, 11) is 1.62. The number of ether oxygens (including phenoxy) is 1. The molecule has 1 saturated carbocycles. The first-order valence-electron chi connectivity index (χ1n) is 8.59. The van der Waals surface area contributed by atoms with Crippen LogP contribution in [0, 0.1) is 0 Å². The van der Waals surface area contributed by atoms with Crippen LogP contribution in [-0.4, -0.2) is 23.2 Å². The molecule has 2 aromatic carbocycles. The summed E-state index contributed by atoms with van der Waals surface area (Å²) in [5.41, 5.74) is 2.41. The molecule has 0 atom stereocenters. The highest BCUT2D eigenvalue weighted by atomic mass is 16.5. The van der Waals surface area contributed by atoms with Gasteiger partial charge in [-0.05, 0) is 36.6 Å². The number of carbonyl (C=O) groups is 1. The number of carbonyl (C=O) groups excluding carboxylic acids is 1. The highest BCUT2D eigenvalue weighted by Gasteiger charge is 2.28. The number of rotatable bonds is 6. The zero-order chi connectivity index (χ0) is 17.9. The van der Waals surface area contributed by atoms with Crippen LogP contribution in [0.15, 0.2) is 53.1 Å². The quantitative estimate of drug-likeness (QED) is 0.736. The molecule has 1 amide bonds. The zero-order valence-electron chi connectivity index (χ0n) is 14.4. The first-order chi connectivity index (χ1) is 12.7. The SMILES string of the molecule is COc1ccc(C(=O)NCc2nc(C3CC3)no2)cc1-c1ccccc1. The van der Waals surface area contributed by atoms with Crippen molar-refractivity contribution in [3.8, 4) is 16.9 Å². The van der Waals surface area contributed by atoms with Crippen molar-refractivity contribution in [1.82, 2.24) is 15.5 Å². The van der Waals surface area contributed by atoms with E-state index in [0.717, 1.165) is 35.5 Å². The molecule has 6 nitrogen and oxygen atoms in total. The number of hydrogen-bond acceptors (Lipinski definition) is 5. The molecule has 3 aromatic rings. The van der Waals surface area contributed by atoms with Crippen LogP contribution in [0.4, 0.5) is 0 Å². The standard InChI is InChI=1S/C20H19N3O3/c1-25-17-10-9-15(11-16(17)13-5-3-2-4-6-13)20(24)21-12-18-22-19(23-26-18)14-7-8-14/h2-6,9-11,14H,7-8,12H2,1H3,(H,21,24). The number of benzene rings is 2. The summed E-state index contributed by atoms with van der Waals surface area (Å²) in [4.78, 5) is 16.8. The summed E-state index contributed by atoms with van der Waals surface area (Å²) in [6, 6.07) is 15.2. The maximum atomic E-state index is 12.5. The predicted molar refractivity (Wildman–Crippen MR) is 95.9 cm³/mol. The lowest BCUT2D eigenvalue weighted by Crippen LogP contribution is -2.23. The van der Waals surface area contributed by atoms with Gasteiger partial charge in [0.05, 0.1) is 13.7 Å². The van der Waals surface area contributed by atoms with Crippen molar-refractivity contribution in [3.63, 3.8) is 0 Å². The molecule has 26 heavy (non-hydrogen) atoms. The fraction of sp³-hybridized carbons (Fsp3) is 0.250. The molecule has 0 aliphatic heterocycles. The summed E-state index contributed by atoms with van der Waals surface area (Å²) in [5, 5.41) is 6.78. The molecule has 1 aromatic heterocycles. The second-order valence-corrected chi connectivity index (χ2v) is 6.28. The summed E-state index contributed by atoms with van der Waals surface area (Å²) >= 11 is 0. The molecular formula is C20H19N3O3. The Labute approximate surface area is 151 Å². The van der Waals surface area contributed by atoms with Gasteiger partial charge in [-0.15, -0.1) is 0 Å². The summed E-state index contributed by atoms with van der Waals surface area (Å²) in [6.45, 7) is 0.214. The lowest BCUT2D eigenvalue weighted by Gasteiger charge is -2.11. The fourth-order valence-electron chi connectivity index (χ4n) is 2.80. The van der Waals surface area contributed by atoms with Gasteiger partial charge in [-0.3, -0.25) is 4.79 Å². The van der Waals surface area contributed by atoms with E-state index in [0.29, 0.717) is 17.4 Å². The van der Waals surface area contributed by atoms with Gasteiger partial charge in [0.2, 0.25) is 5.89 Å². The third kappa shape index (κ3) is 3.44. The van der Waals surface area contributed by atoms with Crippen LogP contribution in [-0.2, 0) is 6.54 Å². The van der Waals surface area contributed by atoms with Crippen LogP contribution in [0.2, 0.25) is 0 Å². The molecule has 6 heteroatoms. The van der Waals surface area contributed by atoms with E-state index in [2.05, 4.69) is 15.5 Å². The average Bonchev–Trinajstić information content (AvgIpc) is 3.44. The Kier molecular flexibility index (Phi) is 4.39. The van der Waals surface area contributed by atoms with Gasteiger partial charge in [0, 0.05) is 17.0 Å². The number of nitrogens with one attached hydrogen (secondary N) is 1. The largest absolute Gasteiger partial charge is 0.496 e. The van der Waals surface area contributed by atoms with Crippen LogP contribution < -0.4 is 10.1 Å². The monoisotopic (exact) mass is 349 g/mol. The lowest BCUT2D eigenvalue weighted by atomic mass is 10.0. The molecule has 1 aliphatic rings. The smallest absolute Gasteiger partial charge is 0.251 e. The molecule has 1 fully saturated rings. The van der Waals surface area contributed by atoms with Crippen molar-refractivity contribution in [2.75, 3.05) is 7.11 Å². The van der Waals surface area contributed by atoms with Crippen LogP contribution in [0.25, 0.3) is 11.1 Å². The van der Waals surface area contributed by atoms with E-state index in [9.17, 15) is 4.79 Å². The minimum Gasteiger partial charge on any atom is -0.496 e. The Balaban J connectivity index is 1.50. The van der Waals surface area contributed by atoms with E-state index in [1.165, 1.54) is 0 Å². The normalized spacial score (nSPS) is 13.4. The van der Waals surface area contributed by atoms with Gasteiger partial charge in [0.15, 0.2) is 5.82 Å². The van der Waals surface area contributed by atoms with Gasteiger partial charge >= 0.3 is 0 Å². The van der Waals surface area contributed by atoms with E-state index >= 15 is 0 Å². The van der Waals surface area contributed by atoms with Crippen molar-refractivity contribution in [3.05, 3.63) is 65.8 Å². The van der Waals surface area contributed by atoms with Crippen LogP contribution in [0.1, 0.15) is 40.8 Å². The molecule has 0 radical (unpaired) electrons. The van der Waals surface area contributed by atoms with E-state index in [-0.39, 0.29) is 12.5 Å². The highest BCUT2D eigenvalue weighted by molar-refractivity contribution is 5.96. The Bertz CT molecular complexity index is 917. The van der Waals surface area contributed by atoms with Gasteiger partial charge in [-0.1, -0.05) is 35.5 Å². The van der Waals surface area contributed by atoms with Crippen LogP contribution >= 0.6 is 0 Å². The number of hydrogen-bond donors (Lipinski definition) is 1. The van der Waals surface area contributed by atoms with Gasteiger partial charge in [0.1, 0.15) is 5.75 Å². The maximum absolute atomic E-state index is 12.5. The summed E-state index contributed by atoms with van der Waals surface area (Å²) < 4.78 is 10.6. The lowest BCUT2D eigenvalue weighted by molar-refractivity contribution is 0.0946. The molecule has 0 unspecified atom stereocenters. The number of methoxy groups -OCH3 is 1. The molecular weight excluding hydrogens is 330 g/mol. The Morgan fingerprint density at radius 2 is 2.04 bits per heavy atom. The van der Waals surface area contributed by atoms with Crippen LogP contribution in [0.3, 0.4) is 0 Å². The topological polar surface area (TPSA) is 77.2 Å². The second kappa shape index (κ2) is 7.00. The van der Waals surface area contributed by atoms with Crippen molar-refractivity contribution < 1.29 is 14.1 Å². The molecule has 0 spiro atoms. The van der Waals surface area contributed by atoms with Gasteiger partial charge < -0.3 is 14.6 Å². The zero-order valence-corrected chi connectivity index (χ0v) is 14.4. The number of amides is 1. The van der Waals surface area contributed by atoms with Crippen LogP contribution in [0.5, 0.6) is 5.75 Å². The first kappa shape index (κ1) is 16.3. The molecule has 0 bridgehead atoms. The van der Waals surface area contributed by atoms with Crippen molar-refractivity contribution >= 4 is 5.91 Å². The van der Waals surface area contributed by atoms with Crippen molar-refractivity contribution in [2.45, 2.75) is 25.3 Å². The van der Waals surface area contributed by atoms with E-state index in [1.54, 1.807) is 19.2 Å². The Morgan fingerprint density at radius 3 is 2.77 bits per heavy atom. The fourth-order valence-corrected chi connectivity index (χ4v) is 2.80. The van der Waals surface area contributed by atoms with Crippen molar-refractivity contribution in [1.29, 1.82) is 0 Å². The Morgan fingerprint density at radius 1 is 1.23 bits per heavy atom. The van der Waals surface area contributed by atoms with Gasteiger partial charge in [-0.2, -0.15) is 4.98 Å². The molecule has 1 aliphatic carbocycles. The predicted octanol–water partition coefficient (Wildman–Crippen LogP) is 3.55. The summed E-state index contributed by atoms with van der Waals surface area (Å²) in [5.74, 6) is 2.12. The van der Waals surface area contributed by atoms with E-state index < -0.39 is 0 Å². The number of nitrogens with zero attached hydrogens (tertiary/aromatic N) is 2.